The van der Waals surface area contributed by atoms with Crippen LogP contribution in [0, 0.1) is 10.1 Å². The first kappa shape index (κ1) is 17.1. The van der Waals surface area contributed by atoms with Gasteiger partial charge in [-0.1, -0.05) is 18.2 Å². The standard InChI is InChI=1S/C15H17N5O4/c1-11(21)18(2)9-12-5-3-4-6-13(12)16-15(22)10-19-8-7-14(17-19)20(23)24/h3-8H,9-10H2,1-2H3,(H,16,22). The number of carbonyl (C=O) groups is 2. The van der Waals surface area contributed by atoms with Crippen molar-refractivity contribution in [1.29, 1.82) is 0 Å². The molecule has 9 heteroatoms. The molecule has 0 saturated heterocycles. The van der Waals surface area contributed by atoms with Gasteiger partial charge in [0.2, 0.25) is 11.8 Å². The van der Waals surface area contributed by atoms with E-state index in [1.165, 1.54) is 28.8 Å². The fourth-order valence-electron chi connectivity index (χ4n) is 2.02. The van der Waals surface area contributed by atoms with Gasteiger partial charge in [-0.25, -0.2) is 0 Å². The maximum atomic E-state index is 12.1. The van der Waals surface area contributed by atoms with E-state index in [0.29, 0.717) is 12.2 Å². The van der Waals surface area contributed by atoms with Gasteiger partial charge in [0.05, 0.1) is 17.4 Å². The van der Waals surface area contributed by atoms with E-state index >= 15 is 0 Å². The van der Waals surface area contributed by atoms with Gasteiger partial charge in [-0.3, -0.25) is 9.59 Å². The van der Waals surface area contributed by atoms with Crippen LogP contribution in [0.25, 0.3) is 0 Å². The molecule has 0 aliphatic carbocycles. The van der Waals surface area contributed by atoms with E-state index in [4.69, 9.17) is 0 Å². The van der Waals surface area contributed by atoms with Gasteiger partial charge in [0.15, 0.2) is 0 Å². The van der Waals surface area contributed by atoms with Crippen molar-refractivity contribution < 1.29 is 14.5 Å². The lowest BCUT2D eigenvalue weighted by Gasteiger charge is -2.17. The molecular weight excluding hydrogens is 314 g/mol. The van der Waals surface area contributed by atoms with Crippen molar-refractivity contribution in [1.82, 2.24) is 14.7 Å². The molecule has 0 aliphatic heterocycles. The second-order valence-corrected chi connectivity index (χ2v) is 5.21. The SMILES string of the molecule is CC(=O)N(C)Cc1ccccc1NC(=O)Cn1ccc([N+](=O)[O-])n1. The quantitative estimate of drug-likeness (QED) is 0.635. The van der Waals surface area contributed by atoms with E-state index in [1.54, 1.807) is 19.2 Å². The number of benzene rings is 1. The molecule has 2 amide bonds. The highest BCUT2D eigenvalue weighted by molar-refractivity contribution is 5.91. The Kier molecular flexibility index (Phi) is 5.25. The van der Waals surface area contributed by atoms with Gasteiger partial charge in [0, 0.05) is 26.2 Å². The van der Waals surface area contributed by atoms with Gasteiger partial charge in [0.1, 0.15) is 6.54 Å². The summed E-state index contributed by atoms with van der Waals surface area (Å²) >= 11 is 0. The summed E-state index contributed by atoms with van der Waals surface area (Å²) in [7, 11) is 1.67. The number of nitrogens with one attached hydrogen (secondary N) is 1. The van der Waals surface area contributed by atoms with Crippen LogP contribution in [0.1, 0.15) is 12.5 Å². The van der Waals surface area contributed by atoms with Gasteiger partial charge in [-0.2, -0.15) is 4.68 Å². The number of rotatable bonds is 6. The molecule has 0 aliphatic rings. The van der Waals surface area contributed by atoms with Gasteiger partial charge in [-0.15, -0.1) is 0 Å². The zero-order valence-corrected chi connectivity index (χ0v) is 13.3. The molecule has 0 saturated carbocycles. The average molecular weight is 331 g/mol. The fourth-order valence-corrected chi connectivity index (χ4v) is 2.02. The maximum Gasteiger partial charge on any atom is 0.389 e. The van der Waals surface area contributed by atoms with Crippen LogP contribution in [-0.4, -0.2) is 38.5 Å². The smallest absolute Gasteiger partial charge is 0.358 e. The molecule has 1 N–H and O–H groups in total. The summed E-state index contributed by atoms with van der Waals surface area (Å²) in [4.78, 5) is 35.0. The monoisotopic (exact) mass is 331 g/mol. The Morgan fingerprint density at radius 3 is 2.67 bits per heavy atom. The molecule has 126 valence electrons. The van der Waals surface area contributed by atoms with Crippen LogP contribution >= 0.6 is 0 Å². The number of amides is 2. The normalized spacial score (nSPS) is 10.2. The summed E-state index contributed by atoms with van der Waals surface area (Å²) in [6, 6.07) is 8.35. The second-order valence-electron chi connectivity index (χ2n) is 5.21. The molecule has 2 rings (SSSR count). The van der Waals surface area contributed by atoms with Gasteiger partial charge in [-0.05, 0) is 16.6 Å². The third-order valence-corrected chi connectivity index (χ3v) is 3.36. The molecule has 1 aromatic carbocycles. The third-order valence-electron chi connectivity index (χ3n) is 3.36. The molecular formula is C15H17N5O4. The van der Waals surface area contributed by atoms with Crippen molar-refractivity contribution in [3.05, 3.63) is 52.2 Å². The van der Waals surface area contributed by atoms with E-state index in [0.717, 1.165) is 5.56 Å². The molecule has 0 bridgehead atoms. The molecule has 0 fully saturated rings. The minimum atomic E-state index is -0.624. The van der Waals surface area contributed by atoms with Gasteiger partial charge in [0.25, 0.3) is 0 Å². The lowest BCUT2D eigenvalue weighted by atomic mass is 10.1. The average Bonchev–Trinajstić information content (AvgIpc) is 2.97. The van der Waals surface area contributed by atoms with Crippen LogP contribution in [0.5, 0.6) is 0 Å². The Morgan fingerprint density at radius 2 is 2.04 bits per heavy atom. The summed E-state index contributed by atoms with van der Waals surface area (Å²) in [6.45, 7) is 1.68. The number of para-hydroxylation sites is 1. The molecule has 0 radical (unpaired) electrons. The molecule has 0 atom stereocenters. The van der Waals surface area contributed by atoms with Crippen LogP contribution in [0.15, 0.2) is 36.5 Å². The lowest BCUT2D eigenvalue weighted by molar-refractivity contribution is -0.389. The Balaban J connectivity index is 2.05. The number of aromatic nitrogens is 2. The van der Waals surface area contributed by atoms with Crippen LogP contribution in [0.4, 0.5) is 11.5 Å². The first-order valence-electron chi connectivity index (χ1n) is 7.14. The zero-order valence-electron chi connectivity index (χ0n) is 13.3. The van der Waals surface area contributed by atoms with E-state index in [9.17, 15) is 19.7 Å². The Morgan fingerprint density at radius 1 is 1.33 bits per heavy atom. The summed E-state index contributed by atoms with van der Waals surface area (Å²) in [5.74, 6) is -0.766. The van der Waals surface area contributed by atoms with Crippen LogP contribution < -0.4 is 5.32 Å². The van der Waals surface area contributed by atoms with E-state index in [-0.39, 0.29) is 24.2 Å². The lowest BCUT2D eigenvalue weighted by Crippen LogP contribution is -2.25. The zero-order chi connectivity index (χ0) is 17.7. The Labute approximate surface area is 138 Å². The van der Waals surface area contributed by atoms with Crippen molar-refractivity contribution in [3.63, 3.8) is 0 Å². The number of hydrogen-bond acceptors (Lipinski definition) is 5. The number of hydrogen-bond donors (Lipinski definition) is 1. The summed E-state index contributed by atoms with van der Waals surface area (Å²) in [6.07, 6.45) is 1.37. The summed E-state index contributed by atoms with van der Waals surface area (Å²) in [5, 5.41) is 17.0. The number of nitrogens with zero attached hydrogens (tertiary/aromatic N) is 4. The summed E-state index contributed by atoms with van der Waals surface area (Å²) < 4.78 is 1.19. The Bertz CT molecular complexity index is 771. The number of nitro groups is 1. The molecule has 0 spiro atoms. The van der Waals surface area contributed by atoms with Crippen LogP contribution in [0.2, 0.25) is 0 Å². The first-order valence-corrected chi connectivity index (χ1v) is 7.14. The van der Waals surface area contributed by atoms with Crippen molar-refractivity contribution in [2.75, 3.05) is 12.4 Å². The highest BCUT2D eigenvalue weighted by Crippen LogP contribution is 2.17. The highest BCUT2D eigenvalue weighted by atomic mass is 16.6. The molecule has 0 unspecified atom stereocenters. The van der Waals surface area contributed by atoms with Crippen LogP contribution in [0.3, 0.4) is 0 Å². The van der Waals surface area contributed by atoms with Crippen LogP contribution in [-0.2, 0) is 22.7 Å². The van der Waals surface area contributed by atoms with E-state index < -0.39 is 4.92 Å². The maximum absolute atomic E-state index is 12.1. The van der Waals surface area contributed by atoms with Crippen molar-refractivity contribution in [2.45, 2.75) is 20.0 Å². The fraction of sp³-hybridized carbons (Fsp3) is 0.267. The minimum Gasteiger partial charge on any atom is -0.358 e. The van der Waals surface area contributed by atoms with Crippen molar-refractivity contribution >= 4 is 23.3 Å². The second kappa shape index (κ2) is 7.36. The van der Waals surface area contributed by atoms with E-state index in [2.05, 4.69) is 10.4 Å². The molecule has 24 heavy (non-hydrogen) atoms. The molecule has 1 heterocycles. The van der Waals surface area contributed by atoms with Crippen molar-refractivity contribution in [3.8, 4) is 0 Å². The van der Waals surface area contributed by atoms with Crippen molar-refractivity contribution in [2.24, 2.45) is 0 Å². The predicted molar refractivity (Wildman–Crippen MR) is 86.1 cm³/mol. The topological polar surface area (TPSA) is 110 Å². The predicted octanol–water partition coefficient (Wildman–Crippen LogP) is 1.41. The van der Waals surface area contributed by atoms with Gasteiger partial charge < -0.3 is 20.3 Å². The van der Waals surface area contributed by atoms with E-state index in [1.807, 2.05) is 12.1 Å². The third kappa shape index (κ3) is 4.38. The summed E-state index contributed by atoms with van der Waals surface area (Å²) in [5.41, 5.74) is 1.37. The number of carbonyl (C=O) groups excluding carboxylic acids is 2. The first-order chi connectivity index (χ1) is 11.4. The highest BCUT2D eigenvalue weighted by Gasteiger charge is 2.15. The minimum absolute atomic E-state index is 0.0834. The molecule has 1 aromatic heterocycles. The Hall–Kier alpha value is -3.23. The number of anilines is 1. The molecule has 2 aromatic rings. The largest absolute Gasteiger partial charge is 0.389 e. The van der Waals surface area contributed by atoms with Gasteiger partial charge >= 0.3 is 5.82 Å². The molecule has 9 nitrogen and oxygen atoms in total.